The SMILES string of the molecule is COc1ccc(CN2CCCN(CCO)CC2)cc1CN. The van der Waals surface area contributed by atoms with Crippen molar-refractivity contribution in [1.82, 2.24) is 9.80 Å². The van der Waals surface area contributed by atoms with Crippen LogP contribution in [0.1, 0.15) is 17.5 Å². The number of methoxy groups -OCH3 is 1. The predicted molar refractivity (Wildman–Crippen MR) is 84.3 cm³/mol. The largest absolute Gasteiger partial charge is 0.496 e. The van der Waals surface area contributed by atoms with Crippen molar-refractivity contribution in [2.75, 3.05) is 46.4 Å². The van der Waals surface area contributed by atoms with Gasteiger partial charge in [-0.15, -0.1) is 0 Å². The first-order chi connectivity index (χ1) is 10.3. The molecule has 1 fully saturated rings. The van der Waals surface area contributed by atoms with E-state index in [-0.39, 0.29) is 6.61 Å². The highest BCUT2D eigenvalue weighted by atomic mass is 16.5. The Kier molecular flexibility index (Phi) is 6.45. The van der Waals surface area contributed by atoms with Crippen LogP contribution < -0.4 is 10.5 Å². The van der Waals surface area contributed by atoms with E-state index in [1.54, 1.807) is 7.11 Å². The number of hydrogen-bond donors (Lipinski definition) is 2. The van der Waals surface area contributed by atoms with E-state index in [9.17, 15) is 0 Å². The fraction of sp³-hybridized carbons (Fsp3) is 0.625. The molecule has 0 unspecified atom stereocenters. The van der Waals surface area contributed by atoms with Crippen LogP contribution in [0.15, 0.2) is 18.2 Å². The Hall–Kier alpha value is -1.14. The van der Waals surface area contributed by atoms with Crippen LogP contribution in [-0.4, -0.2) is 61.3 Å². The third kappa shape index (κ3) is 4.68. The fourth-order valence-electron chi connectivity index (χ4n) is 2.90. The standard InChI is InChI=1S/C16H27N3O2/c1-21-16-4-3-14(11-15(16)12-17)13-19-6-2-5-18(7-8-19)9-10-20/h3-4,11,20H,2,5-10,12-13,17H2,1H3. The van der Waals surface area contributed by atoms with Gasteiger partial charge in [0.2, 0.25) is 0 Å². The Labute approximate surface area is 127 Å². The van der Waals surface area contributed by atoms with E-state index < -0.39 is 0 Å². The molecule has 0 spiro atoms. The van der Waals surface area contributed by atoms with Crippen LogP contribution in [0, 0.1) is 0 Å². The van der Waals surface area contributed by atoms with Crippen molar-refractivity contribution in [3.63, 3.8) is 0 Å². The molecule has 3 N–H and O–H groups in total. The molecule has 0 bridgehead atoms. The van der Waals surface area contributed by atoms with E-state index in [1.807, 2.05) is 6.07 Å². The van der Waals surface area contributed by atoms with Gasteiger partial charge in [-0.3, -0.25) is 9.80 Å². The lowest BCUT2D eigenvalue weighted by Gasteiger charge is -2.21. The van der Waals surface area contributed by atoms with Gasteiger partial charge in [0, 0.05) is 38.3 Å². The van der Waals surface area contributed by atoms with Crippen LogP contribution in [0.25, 0.3) is 0 Å². The highest BCUT2D eigenvalue weighted by molar-refractivity contribution is 5.37. The summed E-state index contributed by atoms with van der Waals surface area (Å²) in [6, 6.07) is 6.27. The van der Waals surface area contributed by atoms with Gasteiger partial charge < -0.3 is 15.6 Å². The van der Waals surface area contributed by atoms with Crippen molar-refractivity contribution >= 4 is 0 Å². The van der Waals surface area contributed by atoms with Crippen molar-refractivity contribution in [3.05, 3.63) is 29.3 Å². The molecule has 1 saturated heterocycles. The first-order valence-electron chi connectivity index (χ1n) is 7.68. The summed E-state index contributed by atoms with van der Waals surface area (Å²) in [6.07, 6.45) is 1.15. The molecule has 1 aromatic rings. The van der Waals surface area contributed by atoms with Crippen molar-refractivity contribution < 1.29 is 9.84 Å². The van der Waals surface area contributed by atoms with Crippen molar-refractivity contribution in [1.29, 1.82) is 0 Å². The van der Waals surface area contributed by atoms with Gasteiger partial charge in [-0.25, -0.2) is 0 Å². The molecule has 2 rings (SSSR count). The van der Waals surface area contributed by atoms with E-state index in [1.165, 1.54) is 5.56 Å². The lowest BCUT2D eigenvalue weighted by Crippen LogP contribution is -2.32. The van der Waals surface area contributed by atoms with Crippen LogP contribution in [0.2, 0.25) is 0 Å². The van der Waals surface area contributed by atoms with Gasteiger partial charge in [0.25, 0.3) is 0 Å². The minimum Gasteiger partial charge on any atom is -0.496 e. The molecule has 0 amide bonds. The molecule has 1 aliphatic heterocycles. The maximum Gasteiger partial charge on any atom is 0.123 e. The first kappa shape index (κ1) is 16.2. The van der Waals surface area contributed by atoms with Crippen LogP contribution in [0.5, 0.6) is 5.75 Å². The molecule has 0 atom stereocenters. The van der Waals surface area contributed by atoms with E-state index in [2.05, 4.69) is 21.9 Å². The van der Waals surface area contributed by atoms with E-state index >= 15 is 0 Å². The lowest BCUT2D eigenvalue weighted by atomic mass is 10.1. The molecule has 21 heavy (non-hydrogen) atoms. The zero-order chi connectivity index (χ0) is 15.1. The summed E-state index contributed by atoms with van der Waals surface area (Å²) in [6.45, 7) is 6.74. The molecule has 1 aromatic carbocycles. The predicted octanol–water partition coefficient (Wildman–Crippen LogP) is 0.654. The third-order valence-electron chi connectivity index (χ3n) is 4.07. The summed E-state index contributed by atoms with van der Waals surface area (Å²) in [5.74, 6) is 0.867. The molecular formula is C16H27N3O2. The van der Waals surface area contributed by atoms with E-state index in [0.29, 0.717) is 6.54 Å². The number of rotatable bonds is 6. The van der Waals surface area contributed by atoms with Gasteiger partial charge in [0.15, 0.2) is 0 Å². The van der Waals surface area contributed by atoms with Crippen LogP contribution >= 0.6 is 0 Å². The van der Waals surface area contributed by atoms with Gasteiger partial charge in [0.1, 0.15) is 5.75 Å². The monoisotopic (exact) mass is 293 g/mol. The Morgan fingerprint density at radius 3 is 2.67 bits per heavy atom. The van der Waals surface area contributed by atoms with Crippen molar-refractivity contribution in [2.45, 2.75) is 19.5 Å². The molecule has 0 radical (unpaired) electrons. The second-order valence-corrected chi connectivity index (χ2v) is 5.55. The zero-order valence-corrected chi connectivity index (χ0v) is 12.9. The first-order valence-corrected chi connectivity index (χ1v) is 7.68. The molecule has 1 aliphatic rings. The number of hydrogen-bond acceptors (Lipinski definition) is 5. The number of ether oxygens (including phenoxy) is 1. The summed E-state index contributed by atoms with van der Waals surface area (Å²) in [7, 11) is 1.68. The second-order valence-electron chi connectivity index (χ2n) is 5.55. The van der Waals surface area contributed by atoms with Crippen LogP contribution in [0.4, 0.5) is 0 Å². The summed E-state index contributed by atoms with van der Waals surface area (Å²) in [5, 5.41) is 9.04. The number of aliphatic hydroxyl groups is 1. The van der Waals surface area contributed by atoms with Crippen molar-refractivity contribution in [2.24, 2.45) is 5.73 Å². The van der Waals surface area contributed by atoms with Gasteiger partial charge in [-0.1, -0.05) is 6.07 Å². The molecular weight excluding hydrogens is 266 g/mol. The van der Waals surface area contributed by atoms with Crippen LogP contribution in [0.3, 0.4) is 0 Å². The van der Waals surface area contributed by atoms with Gasteiger partial charge >= 0.3 is 0 Å². The molecule has 5 nitrogen and oxygen atoms in total. The quantitative estimate of drug-likeness (QED) is 0.806. The number of nitrogens with zero attached hydrogens (tertiary/aromatic N) is 2. The number of β-amino-alcohol motifs (C(OH)–C–C–N with tert-alkyl or cyclic N) is 1. The summed E-state index contributed by atoms with van der Waals surface area (Å²) in [4.78, 5) is 4.80. The molecule has 0 aliphatic carbocycles. The van der Waals surface area contributed by atoms with E-state index in [0.717, 1.165) is 57.0 Å². The maximum atomic E-state index is 9.04. The van der Waals surface area contributed by atoms with Gasteiger partial charge in [-0.2, -0.15) is 0 Å². The zero-order valence-electron chi connectivity index (χ0n) is 12.9. The Balaban J connectivity index is 1.95. The summed E-state index contributed by atoms with van der Waals surface area (Å²) in [5.41, 5.74) is 8.13. The average molecular weight is 293 g/mol. The minimum absolute atomic E-state index is 0.248. The summed E-state index contributed by atoms with van der Waals surface area (Å²) >= 11 is 0. The fourth-order valence-corrected chi connectivity index (χ4v) is 2.90. The average Bonchev–Trinajstić information content (AvgIpc) is 2.73. The number of benzene rings is 1. The Morgan fingerprint density at radius 1 is 1.19 bits per heavy atom. The second kappa shape index (κ2) is 8.34. The topological polar surface area (TPSA) is 62.0 Å². The van der Waals surface area contributed by atoms with Gasteiger partial charge in [-0.05, 0) is 37.2 Å². The lowest BCUT2D eigenvalue weighted by molar-refractivity contribution is 0.196. The molecule has 0 aromatic heterocycles. The molecule has 0 saturated carbocycles. The molecule has 118 valence electrons. The highest BCUT2D eigenvalue weighted by Gasteiger charge is 2.15. The maximum absolute atomic E-state index is 9.04. The van der Waals surface area contributed by atoms with Gasteiger partial charge in [0.05, 0.1) is 13.7 Å². The molecule has 5 heteroatoms. The number of aliphatic hydroxyl groups excluding tert-OH is 1. The minimum atomic E-state index is 0.248. The van der Waals surface area contributed by atoms with E-state index in [4.69, 9.17) is 15.6 Å². The Morgan fingerprint density at radius 2 is 1.95 bits per heavy atom. The smallest absolute Gasteiger partial charge is 0.123 e. The summed E-state index contributed by atoms with van der Waals surface area (Å²) < 4.78 is 5.32. The molecule has 1 heterocycles. The van der Waals surface area contributed by atoms with Crippen molar-refractivity contribution in [3.8, 4) is 5.75 Å². The third-order valence-corrected chi connectivity index (χ3v) is 4.07. The van der Waals surface area contributed by atoms with Crippen LogP contribution in [-0.2, 0) is 13.1 Å². The number of nitrogens with two attached hydrogens (primary N) is 1. The highest BCUT2D eigenvalue weighted by Crippen LogP contribution is 2.20. The Bertz CT molecular complexity index is 440. The normalized spacial score (nSPS) is 17.7.